The van der Waals surface area contributed by atoms with Crippen LogP contribution >= 0.6 is 0 Å². The molecule has 1 N–H and O–H groups in total. The van der Waals surface area contributed by atoms with Crippen molar-refractivity contribution in [1.82, 2.24) is 0 Å². The summed E-state index contributed by atoms with van der Waals surface area (Å²) in [4.78, 5) is 10.8. The van der Waals surface area contributed by atoms with Gasteiger partial charge in [-0.15, -0.1) is 0 Å². The van der Waals surface area contributed by atoms with Crippen molar-refractivity contribution in [2.24, 2.45) is 5.41 Å². The summed E-state index contributed by atoms with van der Waals surface area (Å²) in [6, 6.07) is 13.1. The minimum Gasteiger partial charge on any atom is -0.486 e. The number of carboxylic acid groups (broad SMARTS) is 1. The molecule has 0 heterocycles. The zero-order valence-corrected chi connectivity index (χ0v) is 20.2. The van der Waals surface area contributed by atoms with Crippen LogP contribution in [0.3, 0.4) is 0 Å². The van der Waals surface area contributed by atoms with Crippen LogP contribution in [0.2, 0.25) is 0 Å². The van der Waals surface area contributed by atoms with Crippen molar-refractivity contribution in [3.8, 4) is 16.9 Å². The van der Waals surface area contributed by atoms with E-state index in [2.05, 4.69) is 0 Å². The van der Waals surface area contributed by atoms with E-state index in [1.807, 2.05) is 20.8 Å². The van der Waals surface area contributed by atoms with E-state index in [4.69, 9.17) is 14.6 Å². The SMILES string of the molecule is COC(c1cc(COc2cccc(CCC(=O)O)c2F)ccc1-c1cc(F)ccc1F)C(C)(C)C. The highest BCUT2D eigenvalue weighted by Crippen LogP contribution is 2.41. The first-order valence-corrected chi connectivity index (χ1v) is 11.2. The third kappa shape index (κ3) is 6.42. The molecular weight excluding hydrogens is 457 g/mol. The van der Waals surface area contributed by atoms with Crippen LogP contribution in [-0.2, 0) is 22.6 Å². The zero-order chi connectivity index (χ0) is 25.8. The van der Waals surface area contributed by atoms with Crippen LogP contribution in [0.25, 0.3) is 11.1 Å². The van der Waals surface area contributed by atoms with Crippen LogP contribution in [0, 0.1) is 22.9 Å². The molecule has 0 aromatic heterocycles. The quantitative estimate of drug-likeness (QED) is 0.350. The Bertz CT molecular complexity index is 1200. The highest BCUT2D eigenvalue weighted by atomic mass is 19.1. The third-order valence-electron chi connectivity index (χ3n) is 5.69. The molecule has 35 heavy (non-hydrogen) atoms. The van der Waals surface area contributed by atoms with Crippen LogP contribution in [0.4, 0.5) is 13.2 Å². The Morgan fingerprint density at radius 1 is 1.00 bits per heavy atom. The number of benzene rings is 3. The smallest absolute Gasteiger partial charge is 0.303 e. The summed E-state index contributed by atoms with van der Waals surface area (Å²) in [5.41, 5.74) is 1.85. The number of methoxy groups -OCH3 is 1. The molecule has 0 spiro atoms. The highest BCUT2D eigenvalue weighted by molar-refractivity contribution is 5.69. The molecule has 3 rings (SSSR count). The van der Waals surface area contributed by atoms with Crippen LogP contribution in [0.1, 0.15) is 50.0 Å². The number of aryl methyl sites for hydroxylation is 1. The Morgan fingerprint density at radius 3 is 2.40 bits per heavy atom. The van der Waals surface area contributed by atoms with Gasteiger partial charge in [-0.05, 0) is 64.4 Å². The fourth-order valence-corrected chi connectivity index (χ4v) is 4.08. The molecule has 4 nitrogen and oxygen atoms in total. The van der Waals surface area contributed by atoms with Gasteiger partial charge in [0.15, 0.2) is 11.6 Å². The molecule has 0 bridgehead atoms. The van der Waals surface area contributed by atoms with Gasteiger partial charge in [0.05, 0.1) is 6.10 Å². The maximum Gasteiger partial charge on any atom is 0.303 e. The summed E-state index contributed by atoms with van der Waals surface area (Å²) in [6.07, 6.45) is -0.582. The van der Waals surface area contributed by atoms with E-state index in [9.17, 15) is 18.0 Å². The molecule has 0 aliphatic heterocycles. The number of ether oxygens (including phenoxy) is 2. The number of carbonyl (C=O) groups is 1. The number of hydrogen-bond donors (Lipinski definition) is 1. The summed E-state index contributed by atoms with van der Waals surface area (Å²) in [6.45, 7) is 5.95. The van der Waals surface area contributed by atoms with Crippen LogP contribution in [0.15, 0.2) is 54.6 Å². The van der Waals surface area contributed by atoms with E-state index in [0.717, 1.165) is 18.2 Å². The maximum atomic E-state index is 14.8. The summed E-state index contributed by atoms with van der Waals surface area (Å²) < 4.78 is 54.9. The van der Waals surface area contributed by atoms with Gasteiger partial charge in [-0.2, -0.15) is 0 Å². The Balaban J connectivity index is 1.96. The topological polar surface area (TPSA) is 55.8 Å². The predicted molar refractivity (Wildman–Crippen MR) is 128 cm³/mol. The van der Waals surface area contributed by atoms with Gasteiger partial charge in [-0.1, -0.05) is 45.0 Å². The molecule has 186 valence electrons. The van der Waals surface area contributed by atoms with Crippen molar-refractivity contribution in [3.05, 3.63) is 88.7 Å². The average Bonchev–Trinajstić information content (AvgIpc) is 2.79. The average molecular weight is 487 g/mol. The second kappa shape index (κ2) is 11.0. The minimum atomic E-state index is -1.01. The van der Waals surface area contributed by atoms with E-state index in [1.54, 1.807) is 31.4 Å². The van der Waals surface area contributed by atoms with Gasteiger partial charge in [0.1, 0.15) is 18.2 Å². The number of aliphatic carboxylic acids is 1. The van der Waals surface area contributed by atoms with E-state index < -0.39 is 29.5 Å². The number of rotatable bonds is 9. The van der Waals surface area contributed by atoms with Gasteiger partial charge in [-0.3, -0.25) is 4.79 Å². The molecule has 0 radical (unpaired) electrons. The summed E-state index contributed by atoms with van der Waals surface area (Å²) in [7, 11) is 1.56. The molecule has 3 aromatic carbocycles. The molecule has 0 amide bonds. The molecule has 7 heteroatoms. The first-order valence-electron chi connectivity index (χ1n) is 11.2. The van der Waals surface area contributed by atoms with E-state index >= 15 is 0 Å². The van der Waals surface area contributed by atoms with E-state index in [-0.39, 0.29) is 41.7 Å². The van der Waals surface area contributed by atoms with Crippen LogP contribution < -0.4 is 4.74 Å². The minimum absolute atomic E-state index is 0.00815. The van der Waals surface area contributed by atoms with Crippen molar-refractivity contribution in [2.45, 2.75) is 46.3 Å². The lowest BCUT2D eigenvalue weighted by Crippen LogP contribution is -2.21. The highest BCUT2D eigenvalue weighted by Gasteiger charge is 2.29. The molecule has 3 aromatic rings. The molecule has 1 atom stereocenters. The number of hydrogen-bond acceptors (Lipinski definition) is 3. The first-order chi connectivity index (χ1) is 16.5. The van der Waals surface area contributed by atoms with Gasteiger partial charge in [0, 0.05) is 19.1 Å². The summed E-state index contributed by atoms with van der Waals surface area (Å²) in [5.74, 6) is -2.71. The second-order valence-electron chi connectivity index (χ2n) is 9.44. The van der Waals surface area contributed by atoms with Gasteiger partial charge in [0.2, 0.25) is 0 Å². The van der Waals surface area contributed by atoms with Gasteiger partial charge < -0.3 is 14.6 Å². The van der Waals surface area contributed by atoms with Crippen molar-refractivity contribution in [3.63, 3.8) is 0 Å². The van der Waals surface area contributed by atoms with Crippen LogP contribution in [0.5, 0.6) is 5.75 Å². The lowest BCUT2D eigenvalue weighted by atomic mass is 9.81. The van der Waals surface area contributed by atoms with Crippen molar-refractivity contribution in [2.75, 3.05) is 7.11 Å². The van der Waals surface area contributed by atoms with E-state index in [0.29, 0.717) is 16.7 Å². The van der Waals surface area contributed by atoms with Gasteiger partial charge in [-0.25, -0.2) is 13.2 Å². The normalized spacial score (nSPS) is 12.4. The molecule has 0 aliphatic carbocycles. The summed E-state index contributed by atoms with van der Waals surface area (Å²) >= 11 is 0. The predicted octanol–water partition coefficient (Wildman–Crippen LogP) is 7.10. The monoisotopic (exact) mass is 486 g/mol. The van der Waals surface area contributed by atoms with E-state index in [1.165, 1.54) is 12.1 Å². The fraction of sp³-hybridized carbons (Fsp3) is 0.321. The fourth-order valence-electron chi connectivity index (χ4n) is 4.08. The molecule has 0 saturated carbocycles. The largest absolute Gasteiger partial charge is 0.486 e. The van der Waals surface area contributed by atoms with Gasteiger partial charge in [0.25, 0.3) is 0 Å². The molecule has 0 saturated heterocycles. The lowest BCUT2D eigenvalue weighted by Gasteiger charge is -2.32. The number of carboxylic acids is 1. The summed E-state index contributed by atoms with van der Waals surface area (Å²) in [5, 5.41) is 8.86. The standard InChI is InChI=1S/C28H29F3O4/c1-28(2,3)27(34-4)22-14-17(8-11-20(22)21-15-19(29)10-12-23(21)30)16-35-24-7-5-6-18(26(24)31)9-13-25(32)33/h5-8,10-12,14-15,27H,9,13,16H2,1-4H3,(H,32,33). The maximum absolute atomic E-state index is 14.8. The Labute approximate surface area is 203 Å². The van der Waals surface area contributed by atoms with Crippen molar-refractivity contribution in [1.29, 1.82) is 0 Å². The van der Waals surface area contributed by atoms with Gasteiger partial charge >= 0.3 is 5.97 Å². The number of halogens is 3. The lowest BCUT2D eigenvalue weighted by molar-refractivity contribution is -0.136. The Kier molecular flexibility index (Phi) is 8.22. The molecule has 0 fully saturated rings. The van der Waals surface area contributed by atoms with Crippen molar-refractivity contribution >= 4 is 5.97 Å². The Hall–Kier alpha value is -3.32. The van der Waals surface area contributed by atoms with Crippen LogP contribution in [-0.4, -0.2) is 18.2 Å². The Morgan fingerprint density at radius 2 is 1.74 bits per heavy atom. The molecule has 1 unspecified atom stereocenters. The molecular formula is C28H29F3O4. The third-order valence-corrected chi connectivity index (χ3v) is 5.69. The zero-order valence-electron chi connectivity index (χ0n) is 20.2. The molecule has 0 aliphatic rings. The second-order valence-corrected chi connectivity index (χ2v) is 9.44. The first kappa shape index (κ1) is 26.3. The van der Waals surface area contributed by atoms with Crippen molar-refractivity contribution < 1.29 is 32.5 Å².